The van der Waals surface area contributed by atoms with Crippen LogP contribution in [0.5, 0.6) is 0 Å². The van der Waals surface area contributed by atoms with Gasteiger partial charge in [0.25, 0.3) is 0 Å². The molecule has 5 heteroatoms. The second-order valence-electron chi connectivity index (χ2n) is 9.33. The number of benzene rings is 1. The highest BCUT2D eigenvalue weighted by atomic mass is 16.2. The van der Waals surface area contributed by atoms with Gasteiger partial charge in [-0.25, -0.2) is 0 Å². The first-order valence-corrected chi connectivity index (χ1v) is 12.1. The Balaban J connectivity index is 1.77. The molecular formula is C27H39N3O2. The van der Waals surface area contributed by atoms with E-state index in [0.29, 0.717) is 6.54 Å². The van der Waals surface area contributed by atoms with Crippen LogP contribution in [-0.4, -0.2) is 44.8 Å². The van der Waals surface area contributed by atoms with Crippen molar-refractivity contribution in [1.29, 1.82) is 0 Å². The van der Waals surface area contributed by atoms with Gasteiger partial charge in [0.05, 0.1) is 6.54 Å². The quantitative estimate of drug-likeness (QED) is 0.496. The van der Waals surface area contributed by atoms with Gasteiger partial charge in [-0.1, -0.05) is 38.1 Å². The molecule has 0 aliphatic heterocycles. The third-order valence-electron chi connectivity index (χ3n) is 6.94. The first-order valence-electron chi connectivity index (χ1n) is 12.1. The molecular weight excluding hydrogens is 398 g/mol. The van der Waals surface area contributed by atoms with Crippen molar-refractivity contribution in [2.45, 2.75) is 85.5 Å². The number of nitrogens with zero attached hydrogens (tertiary/aromatic N) is 3. The van der Waals surface area contributed by atoms with Crippen molar-refractivity contribution in [3.8, 4) is 0 Å². The lowest BCUT2D eigenvalue weighted by molar-refractivity contribution is -0.144. The van der Waals surface area contributed by atoms with Crippen LogP contribution < -0.4 is 0 Å². The van der Waals surface area contributed by atoms with Gasteiger partial charge < -0.3 is 14.4 Å². The maximum Gasteiger partial charge on any atom is 0.242 e. The highest BCUT2D eigenvalue weighted by Gasteiger charge is 2.36. The lowest BCUT2D eigenvalue weighted by atomic mass is 10.1. The first kappa shape index (κ1) is 24.1. The number of hydrogen-bond donors (Lipinski definition) is 0. The maximum absolute atomic E-state index is 13.5. The standard InChI is InChI=1S/C27H39N3O2/c1-6-21(4)29(26(31)19-30(22(5)7-2)27(32)23-14-15-23)18-25-13-10-16-28(25)17-24-12-9-8-11-20(24)3/h8-13,16,21-23H,6-7,14-15,17-19H2,1-5H3/t21-,22-/m0/s1. The number of aryl methyl sites for hydroxylation is 1. The zero-order valence-corrected chi connectivity index (χ0v) is 20.4. The van der Waals surface area contributed by atoms with Crippen molar-refractivity contribution >= 4 is 11.8 Å². The molecule has 1 aromatic heterocycles. The molecule has 1 fully saturated rings. The maximum atomic E-state index is 13.5. The fourth-order valence-electron chi connectivity index (χ4n) is 4.08. The zero-order valence-electron chi connectivity index (χ0n) is 20.4. The molecule has 32 heavy (non-hydrogen) atoms. The van der Waals surface area contributed by atoms with E-state index in [-0.39, 0.29) is 36.4 Å². The van der Waals surface area contributed by atoms with Gasteiger partial charge in [0.2, 0.25) is 11.8 Å². The van der Waals surface area contributed by atoms with E-state index in [1.165, 1.54) is 11.1 Å². The van der Waals surface area contributed by atoms with Crippen molar-refractivity contribution in [1.82, 2.24) is 14.4 Å². The molecule has 174 valence electrons. The zero-order chi connectivity index (χ0) is 23.3. The van der Waals surface area contributed by atoms with Crippen LogP contribution in [0.25, 0.3) is 0 Å². The smallest absolute Gasteiger partial charge is 0.242 e. The summed E-state index contributed by atoms with van der Waals surface area (Å²) in [7, 11) is 0. The summed E-state index contributed by atoms with van der Waals surface area (Å²) in [6.07, 6.45) is 5.74. The molecule has 1 heterocycles. The van der Waals surface area contributed by atoms with Crippen LogP contribution >= 0.6 is 0 Å². The van der Waals surface area contributed by atoms with E-state index >= 15 is 0 Å². The third kappa shape index (κ3) is 5.81. The van der Waals surface area contributed by atoms with E-state index in [1.54, 1.807) is 0 Å². The minimum Gasteiger partial charge on any atom is -0.345 e. The van der Waals surface area contributed by atoms with Crippen molar-refractivity contribution < 1.29 is 9.59 Å². The minimum absolute atomic E-state index is 0.0392. The van der Waals surface area contributed by atoms with Gasteiger partial charge >= 0.3 is 0 Å². The monoisotopic (exact) mass is 437 g/mol. The topological polar surface area (TPSA) is 45.6 Å². The molecule has 1 aliphatic rings. The summed E-state index contributed by atoms with van der Waals surface area (Å²) in [5.74, 6) is 0.317. The van der Waals surface area contributed by atoms with Crippen LogP contribution in [0.2, 0.25) is 0 Å². The van der Waals surface area contributed by atoms with Crippen molar-refractivity contribution in [2.24, 2.45) is 5.92 Å². The summed E-state index contributed by atoms with van der Waals surface area (Å²) in [4.78, 5) is 30.1. The molecule has 0 saturated heterocycles. The molecule has 0 radical (unpaired) electrons. The summed E-state index contributed by atoms with van der Waals surface area (Å²) in [5.41, 5.74) is 3.67. The van der Waals surface area contributed by atoms with Gasteiger partial charge in [-0.2, -0.15) is 0 Å². The normalized spacial score (nSPS) is 15.3. The molecule has 3 rings (SSSR count). The Bertz CT molecular complexity index is 915. The number of amides is 2. The Kier molecular flexibility index (Phi) is 8.16. The molecule has 1 aromatic carbocycles. The van der Waals surface area contributed by atoms with Crippen LogP contribution in [0.3, 0.4) is 0 Å². The molecule has 1 aliphatic carbocycles. The Morgan fingerprint density at radius 1 is 1.00 bits per heavy atom. The lowest BCUT2D eigenvalue weighted by Crippen LogP contribution is -2.49. The molecule has 5 nitrogen and oxygen atoms in total. The molecule has 2 amide bonds. The van der Waals surface area contributed by atoms with E-state index in [9.17, 15) is 9.59 Å². The Morgan fingerprint density at radius 3 is 2.28 bits per heavy atom. The summed E-state index contributed by atoms with van der Waals surface area (Å²) in [6.45, 7) is 12.0. The number of aromatic nitrogens is 1. The summed E-state index contributed by atoms with van der Waals surface area (Å²) < 4.78 is 2.23. The molecule has 2 atom stereocenters. The van der Waals surface area contributed by atoms with Gasteiger partial charge in [-0.05, 0) is 69.7 Å². The average Bonchev–Trinajstić information content (AvgIpc) is 3.56. The Labute approximate surface area is 193 Å². The minimum atomic E-state index is 0.0392. The van der Waals surface area contributed by atoms with E-state index < -0.39 is 0 Å². The van der Waals surface area contributed by atoms with E-state index in [1.807, 2.05) is 9.80 Å². The number of hydrogen-bond acceptors (Lipinski definition) is 2. The van der Waals surface area contributed by atoms with Crippen molar-refractivity contribution in [3.63, 3.8) is 0 Å². The molecule has 0 spiro atoms. The Hall–Kier alpha value is -2.56. The van der Waals surface area contributed by atoms with Crippen molar-refractivity contribution in [3.05, 3.63) is 59.4 Å². The van der Waals surface area contributed by atoms with Crippen LogP contribution in [0.4, 0.5) is 0 Å². The second-order valence-corrected chi connectivity index (χ2v) is 9.33. The average molecular weight is 438 g/mol. The van der Waals surface area contributed by atoms with Crippen LogP contribution in [-0.2, 0) is 22.7 Å². The van der Waals surface area contributed by atoms with Crippen LogP contribution in [0.1, 0.15) is 70.2 Å². The van der Waals surface area contributed by atoms with E-state index in [2.05, 4.69) is 81.8 Å². The molecule has 0 unspecified atom stereocenters. The predicted molar refractivity (Wildman–Crippen MR) is 129 cm³/mol. The number of carbonyl (C=O) groups is 2. The number of rotatable bonds is 11. The van der Waals surface area contributed by atoms with Gasteiger partial charge in [0.1, 0.15) is 6.54 Å². The second kappa shape index (κ2) is 10.8. The van der Waals surface area contributed by atoms with Crippen LogP contribution in [0.15, 0.2) is 42.6 Å². The fourth-order valence-corrected chi connectivity index (χ4v) is 4.08. The van der Waals surface area contributed by atoms with E-state index in [0.717, 1.165) is 37.9 Å². The Morgan fingerprint density at radius 2 is 1.66 bits per heavy atom. The highest BCUT2D eigenvalue weighted by molar-refractivity contribution is 5.87. The van der Waals surface area contributed by atoms with Gasteiger partial charge in [-0.15, -0.1) is 0 Å². The van der Waals surface area contributed by atoms with Gasteiger partial charge in [0.15, 0.2) is 0 Å². The summed E-state index contributed by atoms with van der Waals surface area (Å²) in [5, 5.41) is 0. The summed E-state index contributed by atoms with van der Waals surface area (Å²) in [6, 6.07) is 12.8. The van der Waals surface area contributed by atoms with Crippen molar-refractivity contribution in [2.75, 3.05) is 6.54 Å². The molecule has 0 bridgehead atoms. The fraction of sp³-hybridized carbons (Fsp3) is 0.556. The highest BCUT2D eigenvalue weighted by Crippen LogP contribution is 2.32. The molecule has 2 aromatic rings. The van der Waals surface area contributed by atoms with Gasteiger partial charge in [0, 0.05) is 36.4 Å². The third-order valence-corrected chi connectivity index (χ3v) is 6.94. The summed E-state index contributed by atoms with van der Waals surface area (Å²) >= 11 is 0. The predicted octanol–water partition coefficient (Wildman–Crippen LogP) is 5.01. The largest absolute Gasteiger partial charge is 0.345 e. The van der Waals surface area contributed by atoms with Gasteiger partial charge in [-0.3, -0.25) is 9.59 Å². The number of carbonyl (C=O) groups excluding carboxylic acids is 2. The molecule has 1 saturated carbocycles. The SMILES string of the molecule is CC[C@H](C)N(Cc1cccn1Cc1ccccc1C)C(=O)CN(C(=O)C1CC1)[C@@H](C)CC. The molecule has 0 N–H and O–H groups in total. The lowest BCUT2D eigenvalue weighted by Gasteiger charge is -2.34. The van der Waals surface area contributed by atoms with Crippen LogP contribution in [0, 0.1) is 12.8 Å². The van der Waals surface area contributed by atoms with E-state index in [4.69, 9.17) is 0 Å². The first-order chi connectivity index (χ1) is 15.3.